The maximum Gasteiger partial charge on any atom is 0.336 e. The van der Waals surface area contributed by atoms with Crippen LogP contribution in [0.1, 0.15) is 118 Å². The quantitative estimate of drug-likeness (QED) is 0.152. The second-order valence-corrected chi connectivity index (χ2v) is 23.3. The number of hydrogen-bond acceptors (Lipinski definition) is 16. The number of carbonyl (C=O) groups is 8. The standard InChI is InChI=1S/C52H70N2O14/c1-49-13-5-7-29(49)41-31(11-15-49)51(3)33(43(57)45(41)59)21-27(65-47(61)35-25-53-17-19-63-35)23-37(51)67-39(55)9-10-40(56)68-38-24-28(66-48(62)36-26-54-18-20-64-36)22-34-44(58)46(60)42-30-8-6-14-50(30,2)16-12-32(42)52(34,38)4/h9-10,27-38,41-42,53-54H,5-8,11-26H2,1-4H3/b10-9+/t27?,28?,29-,30-,31+,32+,33?,34?,35-,36-,37?,38?,41-,42-,49-,50-,51+,52+/m0/s1. The van der Waals surface area contributed by atoms with Gasteiger partial charge in [-0.2, -0.15) is 0 Å². The summed E-state index contributed by atoms with van der Waals surface area (Å²) in [5.74, 6) is -7.81. The lowest BCUT2D eigenvalue weighted by atomic mass is 9.44. The van der Waals surface area contributed by atoms with E-state index in [0.29, 0.717) is 39.1 Å². The molecule has 0 aromatic carbocycles. The highest BCUT2D eigenvalue weighted by atomic mass is 16.6. The summed E-state index contributed by atoms with van der Waals surface area (Å²) in [6.07, 6.45) is 5.94. The Balaban J connectivity index is 0.902. The molecule has 2 N–H and O–H groups in total. The van der Waals surface area contributed by atoms with Gasteiger partial charge >= 0.3 is 23.9 Å². The molecule has 16 heteroatoms. The highest BCUT2D eigenvalue weighted by Gasteiger charge is 2.69. The number of fused-ring (bicyclic) bond motifs is 10. The molecule has 8 aliphatic carbocycles. The van der Waals surface area contributed by atoms with E-state index >= 15 is 0 Å². The first-order chi connectivity index (χ1) is 32.5. The van der Waals surface area contributed by atoms with Crippen LogP contribution in [0.2, 0.25) is 0 Å². The van der Waals surface area contributed by atoms with E-state index in [4.69, 9.17) is 28.4 Å². The highest BCUT2D eigenvalue weighted by molar-refractivity contribution is 6.40. The molecule has 372 valence electrons. The summed E-state index contributed by atoms with van der Waals surface area (Å²) in [4.78, 5) is 112. The Bertz CT molecular complexity index is 1980. The average molecular weight is 947 g/mol. The summed E-state index contributed by atoms with van der Waals surface area (Å²) in [5.41, 5.74) is -2.01. The maximum absolute atomic E-state index is 14.3. The van der Waals surface area contributed by atoms with E-state index in [9.17, 15) is 38.4 Å². The normalized spacial score (nSPS) is 46.5. The van der Waals surface area contributed by atoms with Crippen LogP contribution in [-0.2, 0) is 66.8 Å². The topological polar surface area (TPSA) is 216 Å². The fraction of sp³-hybridized carbons (Fsp3) is 0.808. The average Bonchev–Trinajstić information content (AvgIpc) is 3.93. The molecule has 16 nitrogen and oxygen atoms in total. The maximum atomic E-state index is 14.3. The summed E-state index contributed by atoms with van der Waals surface area (Å²) in [7, 11) is 0. The summed E-state index contributed by atoms with van der Waals surface area (Å²) >= 11 is 0. The Morgan fingerprint density at radius 3 is 1.32 bits per heavy atom. The van der Waals surface area contributed by atoms with Gasteiger partial charge in [0.2, 0.25) is 23.1 Å². The smallest absolute Gasteiger partial charge is 0.336 e. The minimum atomic E-state index is -0.955. The molecule has 8 saturated carbocycles. The van der Waals surface area contributed by atoms with Crippen molar-refractivity contribution >= 4 is 47.0 Å². The van der Waals surface area contributed by atoms with E-state index in [1.807, 2.05) is 13.8 Å². The van der Waals surface area contributed by atoms with Crippen LogP contribution in [0.3, 0.4) is 0 Å². The van der Waals surface area contributed by atoms with E-state index in [0.717, 1.165) is 63.5 Å². The van der Waals surface area contributed by atoms with Crippen molar-refractivity contribution in [2.24, 2.45) is 69.0 Å². The zero-order chi connectivity index (χ0) is 47.9. The summed E-state index contributed by atoms with van der Waals surface area (Å²) in [6, 6.07) is 0. The molecule has 6 unspecified atom stereocenters. The molecule has 0 amide bonds. The van der Waals surface area contributed by atoms with Crippen LogP contribution in [0.5, 0.6) is 0 Å². The third-order valence-corrected chi connectivity index (χ3v) is 20.1. The zero-order valence-electron chi connectivity index (χ0n) is 40.1. The van der Waals surface area contributed by atoms with Crippen LogP contribution >= 0.6 is 0 Å². The van der Waals surface area contributed by atoms with Gasteiger partial charge < -0.3 is 39.1 Å². The van der Waals surface area contributed by atoms with Gasteiger partial charge in [-0.15, -0.1) is 0 Å². The fourth-order valence-electron chi connectivity index (χ4n) is 16.4. The van der Waals surface area contributed by atoms with Crippen molar-refractivity contribution in [2.45, 2.75) is 154 Å². The SMILES string of the molecule is C[C@@]12CCC[C@H]1[C@@H]1C(=O)C(=O)C3CC(OC(=O)[C@@H]4CNCCO4)CC(OC(=O)/C=C/C(=O)OC4CC(OC(=O)[C@@H]5CNCCO5)CC5C(=O)C(=O)[C@@H]6[C@@H](CC[C@]7(C)CCC[C@@H]67)[C@@]45C)[C@]3(C)[C@@H]1CC2. The Morgan fingerprint density at radius 2 is 0.941 bits per heavy atom. The Kier molecular flexibility index (Phi) is 12.7. The molecule has 0 aromatic heterocycles. The summed E-state index contributed by atoms with van der Waals surface area (Å²) in [5, 5.41) is 6.24. The van der Waals surface area contributed by atoms with Crippen LogP contribution in [0.15, 0.2) is 12.2 Å². The molecule has 0 spiro atoms. The number of carbonyl (C=O) groups excluding carboxylic acids is 8. The number of morpholine rings is 2. The predicted molar refractivity (Wildman–Crippen MR) is 239 cm³/mol. The number of rotatable bonds is 8. The van der Waals surface area contributed by atoms with Crippen LogP contribution in [0.4, 0.5) is 0 Å². The van der Waals surface area contributed by atoms with Crippen molar-refractivity contribution in [3.8, 4) is 0 Å². The molecule has 0 bridgehead atoms. The zero-order valence-corrected chi connectivity index (χ0v) is 40.1. The van der Waals surface area contributed by atoms with Crippen LogP contribution < -0.4 is 10.6 Å². The Morgan fingerprint density at radius 1 is 0.529 bits per heavy atom. The molecular weight excluding hydrogens is 877 g/mol. The van der Waals surface area contributed by atoms with Crippen molar-refractivity contribution in [1.82, 2.24) is 10.6 Å². The van der Waals surface area contributed by atoms with Gasteiger partial charge in [0, 0.05) is 85.7 Å². The monoisotopic (exact) mass is 946 g/mol. The number of ketones is 4. The molecule has 2 heterocycles. The molecule has 18 atom stereocenters. The van der Waals surface area contributed by atoms with Crippen LogP contribution in [0, 0.1) is 69.0 Å². The van der Waals surface area contributed by atoms with E-state index in [1.54, 1.807) is 0 Å². The molecule has 2 aliphatic heterocycles. The lowest BCUT2D eigenvalue weighted by Crippen LogP contribution is -2.65. The van der Waals surface area contributed by atoms with Crippen molar-refractivity contribution in [3.63, 3.8) is 0 Å². The van der Waals surface area contributed by atoms with Gasteiger partial charge in [0.15, 0.2) is 12.2 Å². The number of ether oxygens (including phenoxy) is 6. The lowest BCUT2D eigenvalue weighted by molar-refractivity contribution is -0.206. The lowest BCUT2D eigenvalue weighted by Gasteiger charge is -2.60. The molecular formula is C52H70N2O14. The summed E-state index contributed by atoms with van der Waals surface area (Å²) in [6.45, 7) is 10.7. The van der Waals surface area contributed by atoms with Gasteiger partial charge in [-0.1, -0.05) is 40.5 Å². The van der Waals surface area contributed by atoms with Crippen molar-refractivity contribution < 1.29 is 66.8 Å². The van der Waals surface area contributed by atoms with E-state index in [2.05, 4.69) is 24.5 Å². The Labute approximate surface area is 398 Å². The number of esters is 4. The largest absolute Gasteiger partial charge is 0.460 e. The minimum Gasteiger partial charge on any atom is -0.460 e. The molecule has 68 heavy (non-hydrogen) atoms. The summed E-state index contributed by atoms with van der Waals surface area (Å²) < 4.78 is 35.9. The van der Waals surface area contributed by atoms with Gasteiger partial charge in [-0.25, -0.2) is 19.2 Å². The second-order valence-electron chi connectivity index (χ2n) is 23.3. The van der Waals surface area contributed by atoms with E-state index in [1.165, 1.54) is 0 Å². The van der Waals surface area contributed by atoms with Gasteiger partial charge in [-0.05, 0) is 98.7 Å². The van der Waals surface area contributed by atoms with Crippen molar-refractivity contribution in [2.75, 3.05) is 39.4 Å². The van der Waals surface area contributed by atoms with Gasteiger partial charge in [0.05, 0.1) is 13.2 Å². The molecule has 0 radical (unpaired) electrons. The van der Waals surface area contributed by atoms with Crippen molar-refractivity contribution in [1.29, 1.82) is 0 Å². The predicted octanol–water partition coefficient (Wildman–Crippen LogP) is 3.97. The first-order valence-electron chi connectivity index (χ1n) is 25.8. The number of hydrogen-bond donors (Lipinski definition) is 2. The van der Waals surface area contributed by atoms with E-state index < -0.39 is 107 Å². The van der Waals surface area contributed by atoms with E-state index in [-0.39, 0.29) is 84.8 Å². The minimum absolute atomic E-state index is 0.0408. The third kappa shape index (κ3) is 7.93. The molecule has 10 fully saturated rings. The molecule has 10 aliphatic rings. The van der Waals surface area contributed by atoms with Gasteiger partial charge in [0.1, 0.15) is 24.4 Å². The Hall–Kier alpha value is -3.86. The number of Topliss-reactive ketones (excluding diaryl/α,β-unsaturated/α-hetero) is 4. The van der Waals surface area contributed by atoms with Crippen LogP contribution in [-0.4, -0.2) is 123 Å². The van der Waals surface area contributed by atoms with Gasteiger partial charge in [-0.3, -0.25) is 19.2 Å². The van der Waals surface area contributed by atoms with Gasteiger partial charge in [0.25, 0.3) is 0 Å². The highest BCUT2D eigenvalue weighted by Crippen LogP contribution is 2.67. The van der Waals surface area contributed by atoms with Crippen molar-refractivity contribution in [3.05, 3.63) is 12.2 Å². The molecule has 0 aromatic rings. The third-order valence-electron chi connectivity index (χ3n) is 20.1. The second kappa shape index (κ2) is 18.1. The first-order valence-corrected chi connectivity index (χ1v) is 25.8. The fourth-order valence-corrected chi connectivity index (χ4v) is 16.4. The molecule has 10 rings (SSSR count). The molecule has 2 saturated heterocycles. The van der Waals surface area contributed by atoms with Crippen LogP contribution in [0.25, 0.3) is 0 Å². The first kappa shape index (κ1) is 47.8. The number of nitrogens with one attached hydrogen (secondary N) is 2.